The summed E-state index contributed by atoms with van der Waals surface area (Å²) in [6.45, 7) is 8.39. The molecule has 0 aliphatic carbocycles. The zero-order valence-corrected chi connectivity index (χ0v) is 24.7. The molecule has 3 unspecified atom stereocenters. The summed E-state index contributed by atoms with van der Waals surface area (Å²) in [7, 11) is 0. The molecule has 3 aliphatic rings. The van der Waals surface area contributed by atoms with E-state index in [1.54, 1.807) is 4.90 Å². The Labute approximate surface area is 245 Å². The fourth-order valence-electron chi connectivity index (χ4n) is 4.91. The molecule has 0 bridgehead atoms. The number of nitrogens with one attached hydrogen (secondary N) is 1. The monoisotopic (exact) mass is 587 g/mol. The maximum atomic E-state index is 12.3. The highest BCUT2D eigenvalue weighted by molar-refractivity contribution is 7.83. The summed E-state index contributed by atoms with van der Waals surface area (Å²) in [6, 6.07) is 9.81. The van der Waals surface area contributed by atoms with Crippen molar-refractivity contribution >= 4 is 48.4 Å². The largest absolute Gasteiger partial charge is 0.463 e. The number of aliphatic imine (C=N–C) groups is 3. The van der Waals surface area contributed by atoms with Crippen LogP contribution >= 0.6 is 12.6 Å². The number of thiol groups is 1. The third-order valence-corrected chi connectivity index (χ3v) is 7.54. The minimum atomic E-state index is -1.08. The normalized spacial score (nSPS) is 29.3. The molecule has 3 heterocycles. The number of hydrogen-bond acceptors (Lipinski definition) is 13. The van der Waals surface area contributed by atoms with Crippen LogP contribution in [0, 0.1) is 5.92 Å². The first-order chi connectivity index (χ1) is 19.5. The molecule has 1 saturated heterocycles. The van der Waals surface area contributed by atoms with Gasteiger partial charge in [-0.25, -0.2) is 15.0 Å². The molecule has 13 heteroatoms. The molecule has 1 fully saturated rings. The summed E-state index contributed by atoms with van der Waals surface area (Å²) in [5.74, 6) is -0.964. The predicted octanol–water partition coefficient (Wildman–Crippen LogP) is 2.12. The molecule has 1 aromatic carbocycles. The van der Waals surface area contributed by atoms with Crippen molar-refractivity contribution in [3.63, 3.8) is 0 Å². The van der Waals surface area contributed by atoms with Crippen LogP contribution in [0.4, 0.5) is 0 Å². The highest BCUT2D eigenvalue weighted by atomic mass is 32.1. The Morgan fingerprint density at radius 1 is 1.10 bits per heavy atom. The van der Waals surface area contributed by atoms with Gasteiger partial charge >= 0.3 is 17.9 Å². The average molecular weight is 588 g/mol. The molecule has 12 nitrogen and oxygen atoms in total. The van der Waals surface area contributed by atoms with Crippen molar-refractivity contribution in [2.45, 2.75) is 83.2 Å². The summed E-state index contributed by atoms with van der Waals surface area (Å²) in [5.41, 5.74) is 1.53. The van der Waals surface area contributed by atoms with Gasteiger partial charge in [-0.3, -0.25) is 24.6 Å². The van der Waals surface area contributed by atoms with Gasteiger partial charge in [0, 0.05) is 33.7 Å². The topological polar surface area (TPSA) is 140 Å². The van der Waals surface area contributed by atoms with Crippen LogP contribution in [0.1, 0.15) is 46.6 Å². The van der Waals surface area contributed by atoms with Crippen molar-refractivity contribution in [2.24, 2.45) is 20.9 Å². The molecule has 222 valence electrons. The highest BCUT2D eigenvalue weighted by Crippen LogP contribution is 2.37. The average Bonchev–Trinajstić information content (AvgIpc) is 3.44. The van der Waals surface area contributed by atoms with Crippen LogP contribution in [0.5, 0.6) is 0 Å². The number of hydrogen-bond donors (Lipinski definition) is 2. The molecular weight excluding hydrogens is 550 g/mol. The lowest BCUT2D eigenvalue weighted by molar-refractivity contribution is -0.167. The quantitative estimate of drug-likeness (QED) is 0.226. The van der Waals surface area contributed by atoms with E-state index in [2.05, 4.69) is 29.1 Å². The van der Waals surface area contributed by atoms with Crippen LogP contribution < -0.4 is 5.32 Å². The van der Waals surface area contributed by atoms with E-state index in [4.69, 9.17) is 36.6 Å². The van der Waals surface area contributed by atoms with E-state index in [0.717, 1.165) is 12.0 Å². The van der Waals surface area contributed by atoms with Gasteiger partial charge in [0.15, 0.2) is 35.4 Å². The van der Waals surface area contributed by atoms with Gasteiger partial charge in [0.1, 0.15) is 24.8 Å². The lowest BCUT2D eigenvalue weighted by Crippen LogP contribution is -2.57. The number of ether oxygens (including phenoxy) is 4. The maximum absolute atomic E-state index is 12.3. The standard InChI is InChI=1S/C28H37N5O7S/c1-6-16(2)13-29-27-32-24-25(30-15-31-28(24,41)12-20-10-8-7-9-11-20)33(27)26-23(39-19(5)36)22(38-18(4)35)21(40-26)14-37-17(3)34/h7-11,15-16,21-23,26-27,29,41H,6,12-14H2,1-5H3/t16?,21-,22-,23-,26-,27?,28?/m1/s1. The van der Waals surface area contributed by atoms with Crippen molar-refractivity contribution in [2.75, 3.05) is 13.2 Å². The minimum Gasteiger partial charge on any atom is -0.463 e. The first-order valence-electron chi connectivity index (χ1n) is 13.6. The van der Waals surface area contributed by atoms with Gasteiger partial charge in [-0.1, -0.05) is 50.6 Å². The molecule has 7 atom stereocenters. The van der Waals surface area contributed by atoms with Gasteiger partial charge in [-0.05, 0) is 11.5 Å². The molecule has 1 aromatic rings. The molecule has 0 aromatic heterocycles. The van der Waals surface area contributed by atoms with Crippen molar-refractivity contribution < 1.29 is 33.3 Å². The highest BCUT2D eigenvalue weighted by Gasteiger charge is 2.57. The Bertz CT molecular complexity index is 1230. The Morgan fingerprint density at radius 3 is 2.41 bits per heavy atom. The molecule has 0 amide bonds. The van der Waals surface area contributed by atoms with Gasteiger partial charge in [0.2, 0.25) is 0 Å². The fraction of sp³-hybridized carbons (Fsp3) is 0.571. The second-order valence-electron chi connectivity index (χ2n) is 10.4. The van der Waals surface area contributed by atoms with Crippen LogP contribution in [0.3, 0.4) is 0 Å². The summed E-state index contributed by atoms with van der Waals surface area (Å²) in [6.07, 6.45) is -1.91. The lowest BCUT2D eigenvalue weighted by atomic mass is 10.00. The van der Waals surface area contributed by atoms with E-state index in [1.165, 1.54) is 27.1 Å². The van der Waals surface area contributed by atoms with Crippen LogP contribution in [0.25, 0.3) is 0 Å². The van der Waals surface area contributed by atoms with Gasteiger partial charge < -0.3 is 18.9 Å². The Kier molecular flexibility index (Phi) is 9.82. The van der Waals surface area contributed by atoms with Gasteiger partial charge in [-0.2, -0.15) is 0 Å². The van der Waals surface area contributed by atoms with Crippen LogP contribution in [-0.2, 0) is 39.8 Å². The maximum Gasteiger partial charge on any atom is 0.303 e. The third kappa shape index (κ3) is 7.14. The minimum absolute atomic E-state index is 0.216. The Hall–Kier alpha value is -3.29. The molecule has 0 spiro atoms. The van der Waals surface area contributed by atoms with Crippen molar-refractivity contribution in [3.05, 3.63) is 35.9 Å². The third-order valence-electron chi connectivity index (χ3n) is 7.06. The van der Waals surface area contributed by atoms with E-state index in [1.807, 2.05) is 30.3 Å². The van der Waals surface area contributed by atoms with E-state index in [9.17, 15) is 14.4 Å². The Morgan fingerprint density at radius 2 is 1.78 bits per heavy atom. The molecule has 41 heavy (non-hydrogen) atoms. The van der Waals surface area contributed by atoms with Crippen molar-refractivity contribution in [3.8, 4) is 0 Å². The number of carbonyl (C=O) groups is 3. The second kappa shape index (κ2) is 13.1. The fourth-order valence-corrected chi connectivity index (χ4v) is 5.30. The first-order valence-corrected chi connectivity index (χ1v) is 14.1. The molecule has 3 aliphatic heterocycles. The zero-order chi connectivity index (χ0) is 29.7. The molecule has 0 radical (unpaired) electrons. The Balaban J connectivity index is 1.73. The van der Waals surface area contributed by atoms with Gasteiger partial charge in [0.05, 0.1) is 0 Å². The second-order valence-corrected chi connectivity index (χ2v) is 11.1. The van der Waals surface area contributed by atoms with Gasteiger partial charge in [0.25, 0.3) is 0 Å². The van der Waals surface area contributed by atoms with E-state index in [0.29, 0.717) is 30.4 Å². The van der Waals surface area contributed by atoms with Crippen molar-refractivity contribution in [1.29, 1.82) is 0 Å². The van der Waals surface area contributed by atoms with E-state index in [-0.39, 0.29) is 6.61 Å². The lowest BCUT2D eigenvalue weighted by Gasteiger charge is -2.36. The number of benzene rings is 1. The number of esters is 3. The smallest absolute Gasteiger partial charge is 0.303 e. The van der Waals surface area contributed by atoms with Crippen molar-refractivity contribution in [1.82, 2.24) is 10.2 Å². The molecule has 1 N–H and O–H groups in total. The molecular formula is C28H37N5O7S. The number of fused-ring (bicyclic) bond motifs is 1. The summed E-state index contributed by atoms with van der Waals surface area (Å²) < 4.78 is 22.8. The van der Waals surface area contributed by atoms with Crippen LogP contribution in [-0.4, -0.2) is 89.5 Å². The SMILES string of the molecule is CCC(C)CNC1N=C2C(=NC=NC2(S)Cc2ccccc2)N1[C@@H]1O[C@H](COC(C)=O)[C@@H](OC(C)=O)[C@H]1OC(C)=O. The zero-order valence-electron chi connectivity index (χ0n) is 23.9. The van der Waals surface area contributed by atoms with E-state index >= 15 is 0 Å². The van der Waals surface area contributed by atoms with Crippen LogP contribution in [0.2, 0.25) is 0 Å². The number of nitrogens with zero attached hydrogens (tertiary/aromatic N) is 4. The number of rotatable bonds is 11. The molecule has 4 rings (SSSR count). The first kappa shape index (κ1) is 30.7. The summed E-state index contributed by atoms with van der Waals surface area (Å²) in [4.78, 5) is 50.8. The predicted molar refractivity (Wildman–Crippen MR) is 155 cm³/mol. The molecule has 0 saturated carbocycles. The summed E-state index contributed by atoms with van der Waals surface area (Å²) in [5, 5.41) is 3.47. The number of amidine groups is 1. The summed E-state index contributed by atoms with van der Waals surface area (Å²) >= 11 is 4.98. The van der Waals surface area contributed by atoms with E-state index < -0.39 is 53.6 Å². The van der Waals surface area contributed by atoms with Crippen LogP contribution in [0.15, 0.2) is 45.3 Å². The number of carbonyl (C=O) groups excluding carboxylic acids is 3. The van der Waals surface area contributed by atoms with Gasteiger partial charge in [-0.15, -0.1) is 12.6 Å².